The van der Waals surface area contributed by atoms with E-state index in [4.69, 9.17) is 5.26 Å². The van der Waals surface area contributed by atoms with Crippen LogP contribution in [0.25, 0.3) is 5.57 Å². The Bertz CT molecular complexity index is 553. The maximum Gasteiger partial charge on any atom is 0.103 e. The van der Waals surface area contributed by atoms with Crippen LogP contribution in [0.1, 0.15) is 11.3 Å². The third-order valence-corrected chi connectivity index (χ3v) is 2.46. The molecule has 3 nitrogen and oxygen atoms in total. The third-order valence-electron chi connectivity index (χ3n) is 2.46. The number of allylic oxidation sites excluding steroid dienone is 1. The molecule has 0 aliphatic rings. The molecule has 0 saturated carbocycles. The zero-order valence-electron chi connectivity index (χ0n) is 9.88. The molecule has 88 valence electrons. The van der Waals surface area contributed by atoms with Gasteiger partial charge in [-0.1, -0.05) is 36.4 Å². The van der Waals surface area contributed by atoms with Crippen molar-refractivity contribution >= 4 is 5.57 Å². The van der Waals surface area contributed by atoms with Gasteiger partial charge in [-0.25, -0.2) is 0 Å². The molecule has 18 heavy (non-hydrogen) atoms. The Balaban J connectivity index is 2.02. The van der Waals surface area contributed by atoms with Gasteiger partial charge in [-0.15, -0.1) is 0 Å². The van der Waals surface area contributed by atoms with E-state index < -0.39 is 0 Å². The second kappa shape index (κ2) is 6.21. The van der Waals surface area contributed by atoms with Crippen molar-refractivity contribution in [3.8, 4) is 6.07 Å². The van der Waals surface area contributed by atoms with Crippen molar-refractivity contribution in [2.75, 3.05) is 0 Å². The van der Waals surface area contributed by atoms with Crippen LogP contribution >= 0.6 is 0 Å². The molecule has 0 aliphatic heterocycles. The number of nitriles is 1. The second-order valence-electron chi connectivity index (χ2n) is 3.75. The minimum atomic E-state index is 0.534. The molecular weight excluding hydrogens is 222 g/mol. The van der Waals surface area contributed by atoms with Gasteiger partial charge in [-0.3, -0.25) is 4.98 Å². The number of nitrogens with zero attached hydrogens (tertiary/aromatic N) is 2. The average molecular weight is 235 g/mol. The van der Waals surface area contributed by atoms with Gasteiger partial charge in [0.05, 0.1) is 11.3 Å². The fourth-order valence-electron chi connectivity index (χ4n) is 1.55. The van der Waals surface area contributed by atoms with Gasteiger partial charge in [0.1, 0.15) is 6.07 Å². The molecule has 0 radical (unpaired) electrons. The van der Waals surface area contributed by atoms with Crippen molar-refractivity contribution in [2.24, 2.45) is 0 Å². The summed E-state index contributed by atoms with van der Waals surface area (Å²) in [6, 6.07) is 17.7. The Hall–Kier alpha value is -2.60. The first-order valence-electron chi connectivity index (χ1n) is 5.69. The van der Waals surface area contributed by atoms with Crippen LogP contribution < -0.4 is 5.32 Å². The van der Waals surface area contributed by atoms with Crippen LogP contribution in [0, 0.1) is 11.3 Å². The SMILES string of the molecule is N#C/C(=C/NCc1ccccc1)c1ccccn1. The van der Waals surface area contributed by atoms with Gasteiger partial charge < -0.3 is 5.32 Å². The summed E-state index contributed by atoms with van der Waals surface area (Å²) in [6.45, 7) is 0.693. The van der Waals surface area contributed by atoms with E-state index in [0.717, 1.165) is 0 Å². The van der Waals surface area contributed by atoms with Gasteiger partial charge in [0.15, 0.2) is 0 Å². The summed E-state index contributed by atoms with van der Waals surface area (Å²) < 4.78 is 0. The van der Waals surface area contributed by atoms with E-state index >= 15 is 0 Å². The number of aromatic nitrogens is 1. The Morgan fingerprint density at radius 2 is 1.94 bits per heavy atom. The summed E-state index contributed by atoms with van der Waals surface area (Å²) in [5.74, 6) is 0. The summed E-state index contributed by atoms with van der Waals surface area (Å²) in [5, 5.41) is 12.2. The quantitative estimate of drug-likeness (QED) is 0.829. The lowest BCUT2D eigenvalue weighted by Crippen LogP contribution is -2.05. The van der Waals surface area contributed by atoms with E-state index in [0.29, 0.717) is 17.8 Å². The molecule has 1 aromatic carbocycles. The summed E-state index contributed by atoms with van der Waals surface area (Å²) in [5.41, 5.74) is 2.39. The van der Waals surface area contributed by atoms with E-state index in [1.54, 1.807) is 12.4 Å². The first kappa shape index (κ1) is 11.9. The molecule has 0 amide bonds. The molecule has 0 aliphatic carbocycles. The smallest absolute Gasteiger partial charge is 0.103 e. The molecule has 1 N–H and O–H groups in total. The normalized spacial score (nSPS) is 10.7. The fraction of sp³-hybridized carbons (Fsp3) is 0.0667. The van der Waals surface area contributed by atoms with E-state index in [1.807, 2.05) is 48.5 Å². The number of hydrogen-bond donors (Lipinski definition) is 1. The molecular formula is C15H13N3. The number of benzene rings is 1. The lowest BCUT2D eigenvalue weighted by Gasteiger charge is -2.02. The maximum atomic E-state index is 9.08. The zero-order chi connectivity index (χ0) is 12.6. The van der Waals surface area contributed by atoms with E-state index in [9.17, 15) is 0 Å². The molecule has 0 saturated heterocycles. The van der Waals surface area contributed by atoms with Crippen LogP contribution in [0.2, 0.25) is 0 Å². The van der Waals surface area contributed by atoms with Crippen molar-refractivity contribution in [1.29, 1.82) is 5.26 Å². The predicted molar refractivity (Wildman–Crippen MR) is 71.1 cm³/mol. The van der Waals surface area contributed by atoms with E-state index in [1.165, 1.54) is 5.56 Å². The fourth-order valence-corrected chi connectivity index (χ4v) is 1.55. The molecule has 0 fully saturated rings. The Morgan fingerprint density at radius 3 is 2.61 bits per heavy atom. The van der Waals surface area contributed by atoms with Gasteiger partial charge in [0, 0.05) is 18.9 Å². The first-order valence-corrected chi connectivity index (χ1v) is 5.69. The lowest BCUT2D eigenvalue weighted by atomic mass is 10.2. The standard InChI is InChI=1S/C15H13N3/c16-10-14(15-8-4-5-9-18-15)12-17-11-13-6-2-1-3-7-13/h1-9,12,17H,11H2/b14-12-. The number of nitrogens with one attached hydrogen (secondary N) is 1. The van der Waals surface area contributed by atoms with Gasteiger partial charge in [0.2, 0.25) is 0 Å². The number of rotatable bonds is 4. The monoisotopic (exact) mass is 235 g/mol. The summed E-state index contributed by atoms with van der Waals surface area (Å²) in [6.07, 6.45) is 3.38. The Kier molecular flexibility index (Phi) is 4.10. The minimum absolute atomic E-state index is 0.534. The molecule has 0 spiro atoms. The van der Waals surface area contributed by atoms with Gasteiger partial charge in [-0.05, 0) is 17.7 Å². The highest BCUT2D eigenvalue weighted by molar-refractivity contribution is 5.73. The summed E-state index contributed by atoms with van der Waals surface area (Å²) in [4.78, 5) is 4.14. The van der Waals surface area contributed by atoms with Gasteiger partial charge in [-0.2, -0.15) is 5.26 Å². The van der Waals surface area contributed by atoms with Crippen molar-refractivity contribution in [1.82, 2.24) is 10.3 Å². The number of hydrogen-bond acceptors (Lipinski definition) is 3. The summed E-state index contributed by atoms with van der Waals surface area (Å²) in [7, 11) is 0. The van der Waals surface area contributed by atoms with Crippen LogP contribution in [0.3, 0.4) is 0 Å². The van der Waals surface area contributed by atoms with Crippen LogP contribution in [-0.4, -0.2) is 4.98 Å². The molecule has 0 atom stereocenters. The molecule has 0 unspecified atom stereocenters. The first-order chi connectivity index (χ1) is 8.90. The van der Waals surface area contributed by atoms with Crippen molar-refractivity contribution in [3.63, 3.8) is 0 Å². The largest absolute Gasteiger partial charge is 0.386 e. The minimum Gasteiger partial charge on any atom is -0.386 e. The Morgan fingerprint density at radius 1 is 1.17 bits per heavy atom. The van der Waals surface area contributed by atoms with Crippen molar-refractivity contribution in [2.45, 2.75) is 6.54 Å². The third kappa shape index (κ3) is 3.19. The Labute approximate surface area is 106 Å². The highest BCUT2D eigenvalue weighted by Gasteiger charge is 1.99. The predicted octanol–water partition coefficient (Wildman–Crippen LogP) is 2.74. The average Bonchev–Trinajstić information content (AvgIpc) is 2.46. The van der Waals surface area contributed by atoms with Crippen molar-refractivity contribution < 1.29 is 0 Å². The van der Waals surface area contributed by atoms with Gasteiger partial charge in [0.25, 0.3) is 0 Å². The van der Waals surface area contributed by atoms with E-state index in [-0.39, 0.29) is 0 Å². The van der Waals surface area contributed by atoms with Crippen LogP contribution in [0.5, 0.6) is 0 Å². The molecule has 1 aromatic heterocycles. The number of pyridine rings is 1. The maximum absolute atomic E-state index is 9.08. The summed E-state index contributed by atoms with van der Waals surface area (Å²) >= 11 is 0. The molecule has 1 heterocycles. The lowest BCUT2D eigenvalue weighted by molar-refractivity contribution is 0.871. The molecule has 2 rings (SSSR count). The zero-order valence-corrected chi connectivity index (χ0v) is 9.88. The topological polar surface area (TPSA) is 48.7 Å². The van der Waals surface area contributed by atoms with Crippen LogP contribution in [-0.2, 0) is 6.54 Å². The second-order valence-corrected chi connectivity index (χ2v) is 3.75. The van der Waals surface area contributed by atoms with Crippen molar-refractivity contribution in [3.05, 3.63) is 72.2 Å². The molecule has 3 heteroatoms. The molecule has 2 aromatic rings. The molecule has 0 bridgehead atoms. The van der Waals surface area contributed by atoms with E-state index in [2.05, 4.69) is 16.4 Å². The highest BCUT2D eigenvalue weighted by atomic mass is 14.8. The highest BCUT2D eigenvalue weighted by Crippen LogP contribution is 2.08. The van der Waals surface area contributed by atoms with Crippen LogP contribution in [0.4, 0.5) is 0 Å². The van der Waals surface area contributed by atoms with Crippen LogP contribution in [0.15, 0.2) is 60.9 Å². The van der Waals surface area contributed by atoms with Gasteiger partial charge >= 0.3 is 0 Å².